The molecule has 3 rings (SSSR count). The van der Waals surface area contributed by atoms with Gasteiger partial charge in [0.25, 0.3) is 5.92 Å². The Labute approximate surface area is 125 Å². The van der Waals surface area contributed by atoms with Gasteiger partial charge in [-0.05, 0) is 6.07 Å². The van der Waals surface area contributed by atoms with E-state index in [1.807, 2.05) is 0 Å². The second-order valence-electron chi connectivity index (χ2n) is 5.06. The van der Waals surface area contributed by atoms with E-state index in [1.54, 1.807) is 29.4 Å². The van der Waals surface area contributed by atoms with Gasteiger partial charge >= 0.3 is 0 Å². The first-order chi connectivity index (χ1) is 10.0. The molecule has 0 atom stereocenters. The summed E-state index contributed by atoms with van der Waals surface area (Å²) in [4.78, 5) is 10.1. The number of nitrogens with zero attached hydrogens (tertiary/aromatic N) is 3. The number of likely N-dealkylation sites (tertiary alicyclic amines) is 1. The summed E-state index contributed by atoms with van der Waals surface area (Å²) in [5.41, 5.74) is 1.26. The molecule has 1 aliphatic rings. The lowest BCUT2D eigenvalue weighted by molar-refractivity contribution is 0.0113. The first-order valence-electron chi connectivity index (χ1n) is 6.67. The number of alkyl halides is 2. The standard InChI is InChI=1S/C14H14ClF2N3O/c15-11-1-3-18-12-7-10(8-19-13(11)12)21-6-5-20-4-2-14(16,17)9-20/h1,3,7-8H,2,4-6,9H2. The maximum atomic E-state index is 13.0. The average Bonchev–Trinajstić information content (AvgIpc) is 2.78. The van der Waals surface area contributed by atoms with Crippen molar-refractivity contribution in [1.29, 1.82) is 0 Å². The molecule has 4 nitrogen and oxygen atoms in total. The van der Waals surface area contributed by atoms with Crippen molar-refractivity contribution in [3.05, 3.63) is 29.5 Å². The van der Waals surface area contributed by atoms with Crippen molar-refractivity contribution in [3.8, 4) is 5.75 Å². The molecular formula is C14H14ClF2N3O. The Bertz CT molecular complexity index is 653. The zero-order chi connectivity index (χ0) is 14.9. The number of fused-ring (bicyclic) bond motifs is 1. The maximum Gasteiger partial charge on any atom is 0.261 e. The van der Waals surface area contributed by atoms with Gasteiger partial charge in [0.15, 0.2) is 0 Å². The highest BCUT2D eigenvalue weighted by atomic mass is 35.5. The number of rotatable bonds is 4. The van der Waals surface area contributed by atoms with E-state index in [-0.39, 0.29) is 13.0 Å². The van der Waals surface area contributed by atoms with E-state index in [0.717, 1.165) is 0 Å². The molecule has 0 radical (unpaired) electrons. The summed E-state index contributed by atoms with van der Waals surface area (Å²) in [7, 11) is 0. The van der Waals surface area contributed by atoms with Gasteiger partial charge in [-0.2, -0.15) is 0 Å². The van der Waals surface area contributed by atoms with Gasteiger partial charge in [0.1, 0.15) is 17.9 Å². The summed E-state index contributed by atoms with van der Waals surface area (Å²) in [6.07, 6.45) is 3.09. The Morgan fingerprint density at radius 2 is 2.24 bits per heavy atom. The number of ether oxygens (including phenoxy) is 1. The van der Waals surface area contributed by atoms with Crippen LogP contribution in [0.3, 0.4) is 0 Å². The van der Waals surface area contributed by atoms with Crippen LogP contribution in [0.4, 0.5) is 8.78 Å². The molecule has 0 N–H and O–H groups in total. The normalized spacial score (nSPS) is 18.2. The quantitative estimate of drug-likeness (QED) is 0.870. The molecule has 0 unspecified atom stereocenters. The first-order valence-corrected chi connectivity index (χ1v) is 7.05. The van der Waals surface area contributed by atoms with Crippen LogP contribution in [0.2, 0.25) is 5.02 Å². The smallest absolute Gasteiger partial charge is 0.261 e. The van der Waals surface area contributed by atoms with Crippen LogP contribution in [0.1, 0.15) is 6.42 Å². The van der Waals surface area contributed by atoms with E-state index in [1.165, 1.54) is 0 Å². The summed E-state index contributed by atoms with van der Waals surface area (Å²) in [6.45, 7) is 1.02. The van der Waals surface area contributed by atoms with Crippen molar-refractivity contribution >= 4 is 22.6 Å². The van der Waals surface area contributed by atoms with E-state index >= 15 is 0 Å². The van der Waals surface area contributed by atoms with Crippen molar-refractivity contribution < 1.29 is 13.5 Å². The summed E-state index contributed by atoms with van der Waals surface area (Å²) < 4.78 is 31.6. The van der Waals surface area contributed by atoms with Crippen molar-refractivity contribution in [2.45, 2.75) is 12.3 Å². The third-order valence-corrected chi connectivity index (χ3v) is 3.73. The lowest BCUT2D eigenvalue weighted by Crippen LogP contribution is -2.29. The highest BCUT2D eigenvalue weighted by Crippen LogP contribution is 2.26. The fourth-order valence-electron chi connectivity index (χ4n) is 2.35. The third-order valence-electron chi connectivity index (χ3n) is 3.43. The zero-order valence-electron chi connectivity index (χ0n) is 11.2. The van der Waals surface area contributed by atoms with Gasteiger partial charge in [0.2, 0.25) is 0 Å². The summed E-state index contributed by atoms with van der Waals surface area (Å²) in [5.74, 6) is -2.01. The SMILES string of the molecule is FC1(F)CCN(CCOc2cnc3c(Cl)ccnc3c2)C1. The predicted octanol–water partition coefficient (Wildman–Crippen LogP) is 3.00. The molecule has 7 heteroatoms. The minimum atomic E-state index is -2.56. The van der Waals surface area contributed by atoms with Crippen molar-refractivity contribution in [3.63, 3.8) is 0 Å². The molecule has 0 aromatic carbocycles. The van der Waals surface area contributed by atoms with Gasteiger partial charge in [0, 0.05) is 31.8 Å². The third kappa shape index (κ3) is 3.39. The highest BCUT2D eigenvalue weighted by molar-refractivity contribution is 6.34. The van der Waals surface area contributed by atoms with Gasteiger partial charge in [-0.25, -0.2) is 13.8 Å². The van der Waals surface area contributed by atoms with E-state index < -0.39 is 5.92 Å². The molecule has 0 bridgehead atoms. The molecule has 0 spiro atoms. The second kappa shape index (κ2) is 5.69. The largest absolute Gasteiger partial charge is 0.491 e. The molecule has 2 aromatic heterocycles. The Hall–Kier alpha value is -1.53. The Morgan fingerprint density at radius 1 is 1.38 bits per heavy atom. The second-order valence-corrected chi connectivity index (χ2v) is 5.47. The van der Waals surface area contributed by atoms with Crippen molar-refractivity contribution in [2.24, 2.45) is 0 Å². The van der Waals surface area contributed by atoms with Gasteiger partial charge in [-0.15, -0.1) is 0 Å². The summed E-state index contributed by atoms with van der Waals surface area (Å²) in [6, 6.07) is 3.41. The molecule has 0 amide bonds. The molecule has 2 aromatic rings. The van der Waals surface area contributed by atoms with Crippen LogP contribution in [-0.4, -0.2) is 47.0 Å². The minimum Gasteiger partial charge on any atom is -0.491 e. The van der Waals surface area contributed by atoms with Crippen molar-refractivity contribution in [2.75, 3.05) is 26.2 Å². The number of pyridine rings is 2. The molecule has 3 heterocycles. The molecule has 112 valence electrons. The van der Waals surface area contributed by atoms with Gasteiger partial charge in [-0.3, -0.25) is 9.88 Å². The number of hydrogen-bond acceptors (Lipinski definition) is 4. The molecule has 0 saturated carbocycles. The highest BCUT2D eigenvalue weighted by Gasteiger charge is 2.37. The van der Waals surface area contributed by atoms with Crippen LogP contribution in [0.5, 0.6) is 5.75 Å². The lowest BCUT2D eigenvalue weighted by Gasteiger charge is -2.15. The van der Waals surface area contributed by atoms with Crippen LogP contribution < -0.4 is 4.74 Å². The monoisotopic (exact) mass is 313 g/mol. The van der Waals surface area contributed by atoms with Crippen molar-refractivity contribution in [1.82, 2.24) is 14.9 Å². The number of hydrogen-bond donors (Lipinski definition) is 0. The van der Waals surface area contributed by atoms with Crippen LogP contribution in [-0.2, 0) is 0 Å². The lowest BCUT2D eigenvalue weighted by atomic mass is 10.3. The van der Waals surface area contributed by atoms with Gasteiger partial charge < -0.3 is 4.74 Å². The van der Waals surface area contributed by atoms with E-state index in [9.17, 15) is 8.78 Å². The van der Waals surface area contributed by atoms with E-state index in [0.29, 0.717) is 41.5 Å². The Morgan fingerprint density at radius 3 is 3.00 bits per heavy atom. The van der Waals surface area contributed by atoms with Gasteiger partial charge in [-0.1, -0.05) is 11.6 Å². The molecule has 1 fully saturated rings. The molecule has 1 saturated heterocycles. The van der Waals surface area contributed by atoms with Gasteiger partial charge in [0.05, 0.1) is 23.3 Å². The molecular weight excluding hydrogens is 300 g/mol. The Balaban J connectivity index is 1.59. The summed E-state index contributed by atoms with van der Waals surface area (Å²) >= 11 is 6.01. The first kappa shape index (κ1) is 14.4. The zero-order valence-corrected chi connectivity index (χ0v) is 12.0. The Kier molecular flexibility index (Phi) is 3.91. The van der Waals surface area contributed by atoms with E-state index in [2.05, 4.69) is 9.97 Å². The van der Waals surface area contributed by atoms with Crippen LogP contribution in [0.15, 0.2) is 24.5 Å². The predicted molar refractivity (Wildman–Crippen MR) is 76.0 cm³/mol. The van der Waals surface area contributed by atoms with Crippen LogP contribution in [0, 0.1) is 0 Å². The topological polar surface area (TPSA) is 38.2 Å². The fourth-order valence-corrected chi connectivity index (χ4v) is 2.55. The average molecular weight is 314 g/mol. The fraction of sp³-hybridized carbons (Fsp3) is 0.429. The van der Waals surface area contributed by atoms with E-state index in [4.69, 9.17) is 16.3 Å². The molecule has 0 aliphatic carbocycles. The van der Waals surface area contributed by atoms with Crippen LogP contribution >= 0.6 is 11.6 Å². The molecule has 21 heavy (non-hydrogen) atoms. The molecule has 1 aliphatic heterocycles. The maximum absolute atomic E-state index is 13.0. The minimum absolute atomic E-state index is 0.0764. The number of aromatic nitrogens is 2. The summed E-state index contributed by atoms with van der Waals surface area (Å²) in [5, 5.41) is 0.533. The van der Waals surface area contributed by atoms with Crippen LogP contribution in [0.25, 0.3) is 11.0 Å². The number of halogens is 3.